The number of amides is 1. The summed E-state index contributed by atoms with van der Waals surface area (Å²) in [5, 5.41) is 0.758. The fraction of sp³-hybridized carbons (Fsp3) is 0.462. The number of nitrogens with zero attached hydrogens (tertiary/aromatic N) is 1. The van der Waals surface area contributed by atoms with Gasteiger partial charge in [0, 0.05) is 23.5 Å². The van der Waals surface area contributed by atoms with Crippen LogP contribution in [0.5, 0.6) is 0 Å². The summed E-state index contributed by atoms with van der Waals surface area (Å²) >= 11 is 3.32. The van der Waals surface area contributed by atoms with Crippen LogP contribution in [-0.4, -0.2) is 28.7 Å². The van der Waals surface area contributed by atoms with Gasteiger partial charge in [-0.1, -0.05) is 15.9 Å². The maximum absolute atomic E-state index is 13.1. The molecule has 19 heavy (non-hydrogen) atoms. The first-order valence-electron chi connectivity index (χ1n) is 6.06. The van der Waals surface area contributed by atoms with Crippen molar-refractivity contribution in [3.63, 3.8) is 0 Å². The highest BCUT2D eigenvalue weighted by molar-refractivity contribution is 9.09. The number of hydrogen-bond donors (Lipinski definition) is 0. The Kier molecular flexibility index (Phi) is 4.50. The molecule has 1 heterocycles. The van der Waals surface area contributed by atoms with Gasteiger partial charge in [-0.25, -0.2) is 13.2 Å². The molecule has 0 aliphatic carbocycles. The largest absolute Gasteiger partial charge is 0.336 e. The maximum Gasteiger partial charge on any atom is 0.254 e. The normalized spacial score (nSPS) is 18.9. The molecule has 2 nitrogen and oxygen atoms in total. The lowest BCUT2D eigenvalue weighted by molar-refractivity contribution is 0.0733. The molecule has 1 aliphatic rings. The van der Waals surface area contributed by atoms with Crippen molar-refractivity contribution in [1.29, 1.82) is 0 Å². The van der Waals surface area contributed by atoms with Crippen LogP contribution in [0.4, 0.5) is 13.2 Å². The first kappa shape index (κ1) is 14.4. The summed E-state index contributed by atoms with van der Waals surface area (Å²) in [6.45, 7) is 0.567. The first-order valence-corrected chi connectivity index (χ1v) is 7.18. The van der Waals surface area contributed by atoms with Gasteiger partial charge in [-0.05, 0) is 31.4 Å². The smallest absolute Gasteiger partial charge is 0.254 e. The highest BCUT2D eigenvalue weighted by Gasteiger charge is 2.29. The van der Waals surface area contributed by atoms with Crippen molar-refractivity contribution in [3.05, 3.63) is 35.1 Å². The minimum Gasteiger partial charge on any atom is -0.336 e. The summed E-state index contributed by atoms with van der Waals surface area (Å²) in [5.41, 5.74) is -0.141. The van der Waals surface area contributed by atoms with Crippen LogP contribution >= 0.6 is 15.9 Å². The molecule has 0 spiro atoms. The molecule has 1 atom stereocenters. The summed E-state index contributed by atoms with van der Waals surface area (Å²) in [6.07, 6.45) is 2.54. The van der Waals surface area contributed by atoms with E-state index < -0.39 is 23.4 Å². The maximum atomic E-state index is 13.1. The topological polar surface area (TPSA) is 20.3 Å². The molecule has 1 fully saturated rings. The molecular weight excluding hydrogens is 323 g/mol. The number of carbonyl (C=O) groups is 1. The standard InChI is InChI=1S/C13H13BrF3NO/c14-4-3-9-2-1-5-18(9)13(19)8-6-10(15)12(17)11(16)7-8/h6-7,9H,1-5H2. The second kappa shape index (κ2) is 5.94. The Bertz CT molecular complexity index is 472. The Morgan fingerprint density at radius 2 is 1.95 bits per heavy atom. The van der Waals surface area contributed by atoms with Crippen molar-refractivity contribution in [1.82, 2.24) is 4.90 Å². The highest BCUT2D eigenvalue weighted by Crippen LogP contribution is 2.24. The molecule has 1 aliphatic heterocycles. The van der Waals surface area contributed by atoms with E-state index in [-0.39, 0.29) is 11.6 Å². The first-order chi connectivity index (χ1) is 9.04. The zero-order valence-electron chi connectivity index (χ0n) is 10.1. The molecule has 1 saturated heterocycles. The number of alkyl halides is 1. The SMILES string of the molecule is O=C(c1cc(F)c(F)c(F)c1)N1CCCC1CCBr. The van der Waals surface area contributed by atoms with E-state index in [0.29, 0.717) is 6.54 Å². The van der Waals surface area contributed by atoms with Crippen molar-refractivity contribution in [2.75, 3.05) is 11.9 Å². The lowest BCUT2D eigenvalue weighted by Gasteiger charge is -2.24. The number of likely N-dealkylation sites (tertiary alicyclic amines) is 1. The average Bonchev–Trinajstić information content (AvgIpc) is 2.83. The van der Waals surface area contributed by atoms with Gasteiger partial charge in [-0.3, -0.25) is 4.79 Å². The Morgan fingerprint density at radius 3 is 2.53 bits per heavy atom. The number of hydrogen-bond acceptors (Lipinski definition) is 1. The van der Waals surface area contributed by atoms with Crippen molar-refractivity contribution in [3.8, 4) is 0 Å². The zero-order chi connectivity index (χ0) is 14.0. The summed E-state index contributed by atoms with van der Waals surface area (Å²) in [5.74, 6) is -4.66. The Morgan fingerprint density at radius 1 is 1.32 bits per heavy atom. The van der Waals surface area contributed by atoms with E-state index in [2.05, 4.69) is 15.9 Å². The molecule has 1 aromatic carbocycles. The molecule has 104 valence electrons. The highest BCUT2D eigenvalue weighted by atomic mass is 79.9. The van der Waals surface area contributed by atoms with Gasteiger partial charge in [0.2, 0.25) is 0 Å². The van der Waals surface area contributed by atoms with Gasteiger partial charge in [0.1, 0.15) is 0 Å². The van der Waals surface area contributed by atoms with Crippen molar-refractivity contribution in [2.24, 2.45) is 0 Å². The predicted molar refractivity (Wildman–Crippen MR) is 68.8 cm³/mol. The van der Waals surface area contributed by atoms with Gasteiger partial charge < -0.3 is 4.90 Å². The quantitative estimate of drug-likeness (QED) is 0.611. The van der Waals surface area contributed by atoms with Gasteiger partial charge in [0.05, 0.1) is 0 Å². The van der Waals surface area contributed by atoms with E-state index in [1.165, 1.54) is 0 Å². The minimum absolute atomic E-state index is 0.0723. The van der Waals surface area contributed by atoms with Crippen molar-refractivity contribution < 1.29 is 18.0 Å². The van der Waals surface area contributed by atoms with Gasteiger partial charge >= 0.3 is 0 Å². The van der Waals surface area contributed by atoms with E-state index in [9.17, 15) is 18.0 Å². The van der Waals surface area contributed by atoms with Crippen LogP contribution in [0.2, 0.25) is 0 Å². The van der Waals surface area contributed by atoms with E-state index in [4.69, 9.17) is 0 Å². The number of carbonyl (C=O) groups excluding carboxylic acids is 1. The molecule has 0 bridgehead atoms. The summed E-state index contributed by atoms with van der Waals surface area (Å²) in [6, 6.07) is 1.58. The summed E-state index contributed by atoms with van der Waals surface area (Å²) < 4.78 is 39.1. The number of benzene rings is 1. The van der Waals surface area contributed by atoms with Gasteiger partial charge in [0.15, 0.2) is 17.5 Å². The monoisotopic (exact) mass is 335 g/mol. The van der Waals surface area contributed by atoms with Gasteiger partial charge in [0.25, 0.3) is 5.91 Å². The van der Waals surface area contributed by atoms with Gasteiger partial charge in [-0.15, -0.1) is 0 Å². The predicted octanol–water partition coefficient (Wildman–Crippen LogP) is 3.49. The fourth-order valence-electron chi connectivity index (χ4n) is 2.37. The van der Waals surface area contributed by atoms with Crippen LogP contribution in [0.3, 0.4) is 0 Å². The third-order valence-corrected chi connectivity index (χ3v) is 3.77. The number of halogens is 4. The van der Waals surface area contributed by atoms with Crippen molar-refractivity contribution >= 4 is 21.8 Å². The summed E-state index contributed by atoms with van der Waals surface area (Å²) in [4.78, 5) is 13.8. The Hall–Kier alpha value is -1.04. The Labute approximate surface area is 117 Å². The second-order valence-electron chi connectivity index (χ2n) is 4.53. The van der Waals surface area contributed by atoms with Crippen LogP contribution in [-0.2, 0) is 0 Å². The van der Waals surface area contributed by atoms with E-state index >= 15 is 0 Å². The zero-order valence-corrected chi connectivity index (χ0v) is 11.7. The molecule has 2 rings (SSSR count). The molecule has 6 heteroatoms. The lowest BCUT2D eigenvalue weighted by atomic mass is 10.1. The molecule has 0 N–H and O–H groups in total. The van der Waals surface area contributed by atoms with E-state index in [0.717, 1.165) is 36.7 Å². The van der Waals surface area contributed by atoms with E-state index in [1.807, 2.05) is 0 Å². The molecule has 1 unspecified atom stereocenters. The minimum atomic E-state index is -1.55. The van der Waals surface area contributed by atoms with E-state index in [1.54, 1.807) is 4.90 Å². The average molecular weight is 336 g/mol. The van der Waals surface area contributed by atoms with Crippen molar-refractivity contribution in [2.45, 2.75) is 25.3 Å². The molecular formula is C13H13BrF3NO. The third kappa shape index (κ3) is 2.94. The molecule has 1 amide bonds. The van der Waals surface area contributed by atoms with Gasteiger partial charge in [-0.2, -0.15) is 0 Å². The molecule has 0 radical (unpaired) electrons. The summed E-state index contributed by atoms with van der Waals surface area (Å²) in [7, 11) is 0. The van der Waals surface area contributed by atoms with Crippen LogP contribution in [0.1, 0.15) is 29.6 Å². The van der Waals surface area contributed by atoms with Crippen LogP contribution < -0.4 is 0 Å². The lowest BCUT2D eigenvalue weighted by Crippen LogP contribution is -2.35. The third-order valence-electron chi connectivity index (χ3n) is 3.31. The second-order valence-corrected chi connectivity index (χ2v) is 5.32. The molecule has 1 aromatic rings. The molecule has 0 saturated carbocycles. The Balaban J connectivity index is 2.24. The fourth-order valence-corrected chi connectivity index (χ4v) is 2.90. The molecule has 0 aromatic heterocycles. The number of rotatable bonds is 3. The van der Waals surface area contributed by atoms with Crippen LogP contribution in [0.25, 0.3) is 0 Å². The van der Waals surface area contributed by atoms with Crippen LogP contribution in [0, 0.1) is 17.5 Å². The van der Waals surface area contributed by atoms with Crippen LogP contribution in [0.15, 0.2) is 12.1 Å².